The lowest BCUT2D eigenvalue weighted by Gasteiger charge is -2.19. The van der Waals surface area contributed by atoms with Gasteiger partial charge >= 0.3 is 12.2 Å². The number of anilines is 2. The molecule has 134 valence electrons. The number of hydrogen-bond donors (Lipinski definition) is 5. The average molecular weight is 349 g/mol. The Morgan fingerprint density at radius 3 is 2.44 bits per heavy atom. The number of carboxylic acid groups (broad SMARTS) is 2. The molecule has 1 aliphatic rings. The fraction of sp³-hybridized carbons (Fsp3) is 0.333. The van der Waals surface area contributed by atoms with Crippen molar-refractivity contribution >= 4 is 35.4 Å². The van der Waals surface area contributed by atoms with Gasteiger partial charge in [0, 0.05) is 37.4 Å². The summed E-state index contributed by atoms with van der Waals surface area (Å²) in [6.07, 6.45) is -2.09. The number of carbonyl (C=O) groups is 3. The van der Waals surface area contributed by atoms with Crippen LogP contribution in [-0.2, 0) is 4.79 Å². The molecule has 1 saturated heterocycles. The highest BCUT2D eigenvalue weighted by Crippen LogP contribution is 2.22. The highest BCUT2D eigenvalue weighted by molar-refractivity contribution is 6.05. The molecule has 10 heteroatoms. The third kappa shape index (κ3) is 5.68. The Morgan fingerprint density at radius 2 is 1.88 bits per heavy atom. The molecule has 1 heterocycles. The molecule has 0 bridgehead atoms. The Kier molecular flexibility index (Phi) is 5.77. The second-order valence-electron chi connectivity index (χ2n) is 5.48. The van der Waals surface area contributed by atoms with Crippen molar-refractivity contribution in [2.24, 2.45) is 4.99 Å². The lowest BCUT2D eigenvalue weighted by molar-refractivity contribution is -0.119. The van der Waals surface area contributed by atoms with Crippen LogP contribution in [0.4, 0.5) is 21.0 Å². The number of nitrogens with zero attached hydrogens (tertiary/aromatic N) is 2. The normalized spacial score (nSPS) is 17.1. The fourth-order valence-corrected chi connectivity index (χ4v) is 2.58. The Hall–Kier alpha value is -3.30. The molecule has 3 amide bonds. The van der Waals surface area contributed by atoms with Crippen LogP contribution in [0.25, 0.3) is 0 Å². The summed E-state index contributed by atoms with van der Waals surface area (Å²) in [6.45, 7) is 3.01. The standard InChI is InChI=1S/C15H19N5O5/c1-9(21)16-11-6-7-20(8-11)12-4-2-10(3-5-12)17-13(18-14(22)23)19-15(24)25/h2-5,11H,6-8H2,1H3,(H,16,21)(H,22,23)(H,24,25)(H2,17,18,19)/t11-/m1/s1. The van der Waals surface area contributed by atoms with Crippen molar-refractivity contribution in [3.05, 3.63) is 24.3 Å². The number of carbonyl (C=O) groups excluding carboxylic acids is 1. The first kappa shape index (κ1) is 18.0. The van der Waals surface area contributed by atoms with Crippen LogP contribution in [0.1, 0.15) is 13.3 Å². The lowest BCUT2D eigenvalue weighted by Crippen LogP contribution is -2.35. The van der Waals surface area contributed by atoms with Crippen LogP contribution in [0.3, 0.4) is 0 Å². The van der Waals surface area contributed by atoms with Gasteiger partial charge in [-0.3, -0.25) is 10.1 Å². The second-order valence-corrected chi connectivity index (χ2v) is 5.48. The first-order chi connectivity index (χ1) is 11.8. The second kappa shape index (κ2) is 7.99. The van der Waals surface area contributed by atoms with Crippen molar-refractivity contribution in [1.29, 1.82) is 0 Å². The van der Waals surface area contributed by atoms with Gasteiger partial charge in [-0.25, -0.2) is 9.59 Å². The Morgan fingerprint density at radius 1 is 1.20 bits per heavy atom. The van der Waals surface area contributed by atoms with Crippen LogP contribution in [0.5, 0.6) is 0 Å². The minimum absolute atomic E-state index is 0.0532. The quantitative estimate of drug-likeness (QED) is 0.406. The summed E-state index contributed by atoms with van der Waals surface area (Å²) in [5, 5.41) is 24.7. The van der Waals surface area contributed by atoms with Crippen LogP contribution in [0, 0.1) is 0 Å². The smallest absolute Gasteiger partial charge is 0.434 e. The minimum Gasteiger partial charge on any atom is -0.465 e. The lowest BCUT2D eigenvalue weighted by atomic mass is 10.2. The highest BCUT2D eigenvalue weighted by atomic mass is 16.4. The number of hydrogen-bond acceptors (Lipinski definition) is 4. The van der Waals surface area contributed by atoms with Gasteiger partial charge < -0.3 is 25.7 Å². The molecule has 0 saturated carbocycles. The first-order valence-electron chi connectivity index (χ1n) is 7.54. The van der Waals surface area contributed by atoms with Crippen LogP contribution in [0.15, 0.2) is 29.3 Å². The average Bonchev–Trinajstić information content (AvgIpc) is 2.94. The third-order valence-electron chi connectivity index (χ3n) is 3.52. The summed E-state index contributed by atoms with van der Waals surface area (Å²) in [6, 6.07) is 7.11. The van der Waals surface area contributed by atoms with E-state index in [0.29, 0.717) is 12.2 Å². The van der Waals surface area contributed by atoms with Crippen molar-refractivity contribution in [3.63, 3.8) is 0 Å². The van der Waals surface area contributed by atoms with Crippen LogP contribution >= 0.6 is 0 Å². The predicted octanol–water partition coefficient (Wildman–Crippen LogP) is 1.11. The van der Waals surface area contributed by atoms with Crippen molar-refractivity contribution in [3.8, 4) is 0 Å². The maximum Gasteiger partial charge on any atom is 0.434 e. The summed E-state index contributed by atoms with van der Waals surface area (Å²) >= 11 is 0. The molecule has 10 nitrogen and oxygen atoms in total. The number of rotatable bonds is 3. The Labute approximate surface area is 143 Å². The molecule has 1 aromatic rings. The van der Waals surface area contributed by atoms with E-state index in [0.717, 1.165) is 18.7 Å². The van der Waals surface area contributed by atoms with E-state index in [1.54, 1.807) is 12.1 Å². The van der Waals surface area contributed by atoms with Gasteiger partial charge in [0.25, 0.3) is 0 Å². The van der Waals surface area contributed by atoms with E-state index in [9.17, 15) is 14.4 Å². The van der Waals surface area contributed by atoms with Gasteiger partial charge in [0.15, 0.2) is 0 Å². The van der Waals surface area contributed by atoms with Crippen LogP contribution in [-0.4, -0.2) is 53.4 Å². The van der Waals surface area contributed by atoms with Crippen molar-refractivity contribution in [1.82, 2.24) is 10.6 Å². The molecule has 0 spiro atoms. The molecule has 0 unspecified atom stereocenters. The molecule has 0 radical (unpaired) electrons. The molecule has 0 aliphatic carbocycles. The Balaban J connectivity index is 2.00. The van der Waals surface area contributed by atoms with E-state index in [2.05, 4.69) is 20.5 Å². The van der Waals surface area contributed by atoms with Gasteiger partial charge in [-0.05, 0) is 30.7 Å². The Bertz CT molecular complexity index is 688. The number of amides is 3. The predicted molar refractivity (Wildman–Crippen MR) is 91.1 cm³/mol. The zero-order valence-electron chi connectivity index (χ0n) is 13.5. The molecular formula is C15H19N5O5. The van der Waals surface area contributed by atoms with Crippen LogP contribution in [0.2, 0.25) is 0 Å². The zero-order chi connectivity index (χ0) is 18.4. The molecule has 1 atom stereocenters. The number of nitrogens with one attached hydrogen (secondary N) is 3. The molecule has 1 aliphatic heterocycles. The molecule has 25 heavy (non-hydrogen) atoms. The molecule has 0 aromatic heterocycles. The number of aliphatic imine (C=N–C) groups is 1. The largest absolute Gasteiger partial charge is 0.465 e. The topological polar surface area (TPSA) is 143 Å². The summed E-state index contributed by atoms with van der Waals surface area (Å²) in [5.41, 5.74) is 1.43. The number of guanidine groups is 1. The van der Waals surface area contributed by atoms with E-state index >= 15 is 0 Å². The van der Waals surface area contributed by atoms with E-state index in [1.165, 1.54) is 6.92 Å². The summed E-state index contributed by atoms with van der Waals surface area (Å²) in [5.74, 6) is -0.456. The molecular weight excluding hydrogens is 330 g/mol. The van der Waals surface area contributed by atoms with Gasteiger partial charge in [-0.15, -0.1) is 4.99 Å². The number of benzene rings is 1. The van der Waals surface area contributed by atoms with E-state index in [-0.39, 0.29) is 11.9 Å². The van der Waals surface area contributed by atoms with Gasteiger partial charge in [-0.1, -0.05) is 0 Å². The van der Waals surface area contributed by atoms with Crippen molar-refractivity contribution < 1.29 is 24.6 Å². The molecule has 2 rings (SSSR count). The van der Waals surface area contributed by atoms with E-state index in [1.807, 2.05) is 17.4 Å². The summed E-state index contributed by atoms with van der Waals surface area (Å²) in [7, 11) is 0. The van der Waals surface area contributed by atoms with Gasteiger partial charge in [0.2, 0.25) is 11.9 Å². The van der Waals surface area contributed by atoms with Gasteiger partial charge in [0.05, 0.1) is 0 Å². The minimum atomic E-state index is -1.52. The van der Waals surface area contributed by atoms with Crippen molar-refractivity contribution in [2.45, 2.75) is 19.4 Å². The fourth-order valence-electron chi connectivity index (χ4n) is 2.58. The SMILES string of the molecule is CC(=O)N[C@@H]1CCN(c2ccc(NC(=NC(=O)O)NC(=O)O)cc2)C1. The first-order valence-corrected chi connectivity index (χ1v) is 7.54. The zero-order valence-corrected chi connectivity index (χ0v) is 13.5. The monoisotopic (exact) mass is 349 g/mol. The summed E-state index contributed by atoms with van der Waals surface area (Å²) < 4.78 is 0. The van der Waals surface area contributed by atoms with Crippen molar-refractivity contribution in [2.75, 3.05) is 23.3 Å². The van der Waals surface area contributed by atoms with Crippen LogP contribution < -0.4 is 20.9 Å². The maximum atomic E-state index is 11.1. The maximum absolute atomic E-state index is 11.1. The van der Waals surface area contributed by atoms with E-state index < -0.39 is 18.1 Å². The third-order valence-corrected chi connectivity index (χ3v) is 3.52. The highest BCUT2D eigenvalue weighted by Gasteiger charge is 2.23. The molecule has 5 N–H and O–H groups in total. The van der Waals surface area contributed by atoms with E-state index in [4.69, 9.17) is 10.2 Å². The molecule has 1 fully saturated rings. The summed E-state index contributed by atoms with van der Waals surface area (Å²) in [4.78, 5) is 37.6. The van der Waals surface area contributed by atoms with Gasteiger partial charge in [0.1, 0.15) is 0 Å². The molecule has 1 aromatic carbocycles. The van der Waals surface area contributed by atoms with Gasteiger partial charge in [-0.2, -0.15) is 0 Å².